The smallest absolute Gasteiger partial charge is 0.0433 e. The van der Waals surface area contributed by atoms with Crippen LogP contribution in [0.3, 0.4) is 0 Å². The van der Waals surface area contributed by atoms with Gasteiger partial charge in [0.05, 0.1) is 0 Å². The van der Waals surface area contributed by atoms with Crippen molar-refractivity contribution in [1.82, 2.24) is 0 Å². The first-order valence-corrected chi connectivity index (χ1v) is 5.02. The van der Waals surface area contributed by atoms with E-state index in [1.54, 1.807) is 0 Å². The fourth-order valence-electron chi connectivity index (χ4n) is 3.84. The second kappa shape index (κ2) is 2.01. The van der Waals surface area contributed by atoms with Crippen molar-refractivity contribution in [3.8, 4) is 0 Å². The van der Waals surface area contributed by atoms with Gasteiger partial charge in [-0.1, -0.05) is 0 Å². The van der Waals surface area contributed by atoms with Crippen LogP contribution in [-0.4, -0.2) is 11.7 Å². The highest BCUT2D eigenvalue weighted by atomic mass is 16.3. The molecule has 3 saturated carbocycles. The average Bonchev–Trinajstić information content (AvgIpc) is 1.96. The zero-order valence-electron chi connectivity index (χ0n) is 6.87. The Hall–Kier alpha value is -0.0400. The molecule has 0 aromatic carbocycles. The van der Waals surface area contributed by atoms with Crippen molar-refractivity contribution in [2.24, 2.45) is 29.6 Å². The topological polar surface area (TPSA) is 20.2 Å². The summed E-state index contributed by atoms with van der Waals surface area (Å²) < 4.78 is 0. The van der Waals surface area contributed by atoms with Gasteiger partial charge in [-0.05, 0) is 55.3 Å². The first-order chi connectivity index (χ1) is 5.42. The van der Waals surface area contributed by atoms with E-state index in [1.807, 2.05) is 0 Å². The van der Waals surface area contributed by atoms with Gasteiger partial charge in [0, 0.05) is 6.61 Å². The van der Waals surface area contributed by atoms with Crippen LogP contribution in [-0.2, 0) is 0 Å². The normalized spacial score (nSPS) is 58.1. The highest BCUT2D eigenvalue weighted by Crippen LogP contribution is 2.69. The van der Waals surface area contributed by atoms with Crippen molar-refractivity contribution >= 4 is 0 Å². The van der Waals surface area contributed by atoms with Crippen molar-refractivity contribution in [2.45, 2.75) is 25.7 Å². The van der Waals surface area contributed by atoms with E-state index in [1.165, 1.54) is 19.3 Å². The van der Waals surface area contributed by atoms with Gasteiger partial charge in [0.25, 0.3) is 0 Å². The van der Waals surface area contributed by atoms with Gasteiger partial charge < -0.3 is 5.11 Å². The molecule has 3 rings (SSSR count). The molecular weight excluding hydrogens is 136 g/mol. The third-order valence-electron chi connectivity index (χ3n) is 4.54. The Morgan fingerprint density at radius 3 is 2.45 bits per heavy atom. The van der Waals surface area contributed by atoms with Crippen LogP contribution in [0.4, 0.5) is 0 Å². The summed E-state index contributed by atoms with van der Waals surface area (Å²) in [6.45, 7) is 0.422. The maximum Gasteiger partial charge on any atom is 0.0433 e. The van der Waals surface area contributed by atoms with E-state index in [2.05, 4.69) is 0 Å². The fraction of sp³-hybridized carbons (Fsp3) is 1.00. The molecule has 0 spiro atoms. The lowest BCUT2D eigenvalue weighted by Crippen LogP contribution is -2.63. The van der Waals surface area contributed by atoms with Gasteiger partial charge in [0.15, 0.2) is 0 Å². The Balaban J connectivity index is 1.62. The summed E-state index contributed by atoms with van der Waals surface area (Å²) >= 11 is 0. The van der Waals surface area contributed by atoms with Crippen molar-refractivity contribution in [3.63, 3.8) is 0 Å². The molecule has 0 amide bonds. The summed E-state index contributed by atoms with van der Waals surface area (Å²) in [4.78, 5) is 0. The predicted molar refractivity (Wildman–Crippen MR) is 43.0 cm³/mol. The molecule has 0 aliphatic heterocycles. The lowest BCUT2D eigenvalue weighted by atomic mass is 9.36. The van der Waals surface area contributed by atoms with E-state index >= 15 is 0 Å². The Labute approximate surface area is 67.8 Å². The zero-order valence-corrected chi connectivity index (χ0v) is 6.87. The molecule has 1 N–H and O–H groups in total. The zero-order chi connectivity index (χ0) is 7.42. The third-order valence-corrected chi connectivity index (χ3v) is 4.54. The van der Waals surface area contributed by atoms with Gasteiger partial charge in [0.1, 0.15) is 0 Å². The van der Waals surface area contributed by atoms with Crippen molar-refractivity contribution in [2.75, 3.05) is 6.61 Å². The number of aliphatic hydroxyl groups is 1. The van der Waals surface area contributed by atoms with Crippen molar-refractivity contribution in [3.05, 3.63) is 0 Å². The molecule has 5 atom stereocenters. The minimum Gasteiger partial charge on any atom is -0.396 e. The fourth-order valence-corrected chi connectivity index (χ4v) is 3.84. The third kappa shape index (κ3) is 0.618. The largest absolute Gasteiger partial charge is 0.396 e. The lowest BCUT2D eigenvalue weighted by Gasteiger charge is -2.69. The summed E-state index contributed by atoms with van der Waals surface area (Å²) in [6, 6.07) is 0. The molecule has 11 heavy (non-hydrogen) atoms. The summed E-state index contributed by atoms with van der Waals surface area (Å²) in [7, 11) is 0. The van der Waals surface area contributed by atoms with E-state index in [0.717, 1.165) is 36.0 Å². The van der Waals surface area contributed by atoms with Crippen LogP contribution in [0.15, 0.2) is 0 Å². The molecule has 0 radical (unpaired) electrons. The Bertz CT molecular complexity index is 172. The summed E-state index contributed by atoms with van der Waals surface area (Å²) in [5.74, 6) is 5.37. The maximum absolute atomic E-state index is 8.80. The monoisotopic (exact) mass is 152 g/mol. The van der Waals surface area contributed by atoms with Gasteiger partial charge in [-0.15, -0.1) is 0 Å². The second-order valence-corrected chi connectivity index (χ2v) is 4.65. The Morgan fingerprint density at radius 2 is 1.91 bits per heavy atom. The molecule has 3 aliphatic carbocycles. The van der Waals surface area contributed by atoms with Crippen molar-refractivity contribution < 1.29 is 5.11 Å². The molecule has 5 unspecified atom stereocenters. The SMILES string of the molecule is OCCC1CC2C3CCC3C12. The lowest BCUT2D eigenvalue weighted by molar-refractivity contribution is -0.208. The first kappa shape index (κ1) is 6.47. The van der Waals surface area contributed by atoms with Crippen LogP contribution in [0.5, 0.6) is 0 Å². The molecule has 0 aromatic heterocycles. The minimum absolute atomic E-state index is 0.422. The molecule has 0 heterocycles. The number of fused-ring (bicyclic) bond motifs is 4. The van der Waals surface area contributed by atoms with E-state index in [9.17, 15) is 0 Å². The number of hydrogen-bond donors (Lipinski definition) is 1. The molecule has 1 heteroatoms. The number of rotatable bonds is 2. The van der Waals surface area contributed by atoms with Crippen LogP contribution >= 0.6 is 0 Å². The molecule has 1 nitrogen and oxygen atoms in total. The number of aliphatic hydroxyl groups excluding tert-OH is 1. The van der Waals surface area contributed by atoms with E-state index < -0.39 is 0 Å². The second-order valence-electron chi connectivity index (χ2n) is 4.65. The molecule has 3 aliphatic rings. The summed E-state index contributed by atoms with van der Waals surface area (Å²) in [5.41, 5.74) is 0. The molecule has 62 valence electrons. The van der Waals surface area contributed by atoms with Crippen LogP contribution in [0.25, 0.3) is 0 Å². The average molecular weight is 152 g/mol. The highest BCUT2D eigenvalue weighted by Gasteiger charge is 2.62. The Kier molecular flexibility index (Phi) is 1.18. The van der Waals surface area contributed by atoms with Crippen LogP contribution in [0.2, 0.25) is 0 Å². The molecule has 0 bridgehead atoms. The maximum atomic E-state index is 8.80. The molecule has 3 fully saturated rings. The molecule has 0 saturated heterocycles. The van der Waals surface area contributed by atoms with Crippen LogP contribution < -0.4 is 0 Å². The number of hydrogen-bond acceptors (Lipinski definition) is 1. The standard InChI is InChI=1S/C10H16O/c11-4-3-6-5-9-7-1-2-8(7)10(6)9/h6-11H,1-5H2. The van der Waals surface area contributed by atoms with E-state index in [4.69, 9.17) is 5.11 Å². The first-order valence-electron chi connectivity index (χ1n) is 5.02. The quantitative estimate of drug-likeness (QED) is 0.638. The highest BCUT2D eigenvalue weighted by molar-refractivity contribution is 5.11. The van der Waals surface area contributed by atoms with Gasteiger partial charge >= 0.3 is 0 Å². The van der Waals surface area contributed by atoms with Gasteiger partial charge in [-0.3, -0.25) is 0 Å². The van der Waals surface area contributed by atoms with Crippen LogP contribution in [0, 0.1) is 29.6 Å². The van der Waals surface area contributed by atoms with E-state index in [-0.39, 0.29) is 0 Å². The van der Waals surface area contributed by atoms with E-state index in [0.29, 0.717) is 6.61 Å². The van der Waals surface area contributed by atoms with Crippen LogP contribution in [0.1, 0.15) is 25.7 Å². The van der Waals surface area contributed by atoms with Gasteiger partial charge in [-0.25, -0.2) is 0 Å². The summed E-state index contributed by atoms with van der Waals surface area (Å²) in [5, 5.41) is 8.80. The molecule has 0 aromatic rings. The summed E-state index contributed by atoms with van der Waals surface area (Å²) in [6.07, 6.45) is 5.57. The van der Waals surface area contributed by atoms with Gasteiger partial charge in [0.2, 0.25) is 0 Å². The van der Waals surface area contributed by atoms with Gasteiger partial charge in [-0.2, -0.15) is 0 Å². The Morgan fingerprint density at radius 1 is 1.09 bits per heavy atom. The molecular formula is C10H16O. The van der Waals surface area contributed by atoms with Crippen molar-refractivity contribution in [1.29, 1.82) is 0 Å². The predicted octanol–water partition coefficient (Wildman–Crippen LogP) is 1.66. The minimum atomic E-state index is 0.422.